The number of likely N-dealkylation sites (tertiary alicyclic amines) is 1. The van der Waals surface area contributed by atoms with Gasteiger partial charge in [-0.15, -0.1) is 0 Å². The van der Waals surface area contributed by atoms with E-state index < -0.39 is 0 Å². The van der Waals surface area contributed by atoms with Crippen molar-refractivity contribution in [2.24, 2.45) is 0 Å². The Morgan fingerprint density at radius 3 is 2.74 bits per heavy atom. The van der Waals surface area contributed by atoms with Crippen LogP contribution in [0.2, 0.25) is 0 Å². The summed E-state index contributed by atoms with van der Waals surface area (Å²) in [6.07, 6.45) is 4.34. The molecule has 2 fully saturated rings. The topological polar surface area (TPSA) is 64.8 Å². The normalized spacial score (nSPS) is 24.1. The Bertz CT molecular complexity index is 541. The first-order valence-electron chi connectivity index (χ1n) is 8.39. The summed E-state index contributed by atoms with van der Waals surface area (Å²) in [4.78, 5) is 14.5. The first-order valence-corrected chi connectivity index (χ1v) is 8.39. The molecular weight excluding hydrogens is 296 g/mol. The zero-order chi connectivity index (χ0) is 16.4. The third kappa shape index (κ3) is 3.43. The molecule has 0 saturated carbocycles. The summed E-state index contributed by atoms with van der Waals surface area (Å²) < 4.78 is 16.7. The van der Waals surface area contributed by atoms with Crippen molar-refractivity contribution in [3.63, 3.8) is 0 Å². The van der Waals surface area contributed by atoms with Crippen LogP contribution in [0.5, 0.6) is 0 Å². The third-order valence-corrected chi connectivity index (χ3v) is 5.32. The van der Waals surface area contributed by atoms with Crippen molar-refractivity contribution in [1.82, 2.24) is 10.1 Å². The van der Waals surface area contributed by atoms with Gasteiger partial charge in [-0.3, -0.25) is 4.79 Å². The maximum atomic E-state index is 12.6. The second-order valence-electron chi connectivity index (χ2n) is 6.74. The number of ether oxygens (including phenoxy) is 2. The van der Waals surface area contributed by atoms with Crippen LogP contribution in [0.4, 0.5) is 0 Å². The second kappa shape index (κ2) is 6.61. The van der Waals surface area contributed by atoms with Crippen LogP contribution in [-0.4, -0.2) is 54.5 Å². The molecule has 1 atom stereocenters. The Hall–Kier alpha value is -1.40. The number of hydrogen-bond acceptors (Lipinski definition) is 5. The number of aryl methyl sites for hydroxylation is 2. The second-order valence-corrected chi connectivity index (χ2v) is 6.74. The maximum Gasteiger partial charge on any atom is 0.227 e. The van der Waals surface area contributed by atoms with E-state index >= 15 is 0 Å². The predicted octanol–water partition coefficient (Wildman–Crippen LogP) is 2.02. The molecule has 1 unspecified atom stereocenters. The summed E-state index contributed by atoms with van der Waals surface area (Å²) in [5.74, 6) is 0.885. The molecule has 6 heteroatoms. The van der Waals surface area contributed by atoms with Gasteiger partial charge in [-0.05, 0) is 33.1 Å². The molecule has 2 aliphatic rings. The molecule has 2 saturated heterocycles. The number of hydrogen-bond donors (Lipinski definition) is 0. The molecular formula is C17H26N2O4. The molecule has 2 aliphatic heterocycles. The first kappa shape index (κ1) is 16.5. The van der Waals surface area contributed by atoms with Crippen molar-refractivity contribution >= 4 is 5.91 Å². The molecule has 1 amide bonds. The zero-order valence-electron chi connectivity index (χ0n) is 14.3. The fraction of sp³-hybridized carbons (Fsp3) is 0.765. The van der Waals surface area contributed by atoms with Crippen molar-refractivity contribution in [3.05, 3.63) is 17.0 Å². The number of carbonyl (C=O) groups is 1. The highest BCUT2D eigenvalue weighted by Gasteiger charge is 2.41. The molecule has 0 radical (unpaired) electrons. The van der Waals surface area contributed by atoms with Crippen molar-refractivity contribution in [1.29, 1.82) is 0 Å². The summed E-state index contributed by atoms with van der Waals surface area (Å²) in [5.41, 5.74) is 1.63. The monoisotopic (exact) mass is 322 g/mol. The van der Waals surface area contributed by atoms with E-state index in [0.29, 0.717) is 6.42 Å². The number of aromatic nitrogens is 1. The number of nitrogens with zero attached hydrogens (tertiary/aromatic N) is 2. The van der Waals surface area contributed by atoms with Gasteiger partial charge in [0, 0.05) is 38.8 Å². The molecule has 0 aliphatic carbocycles. The van der Waals surface area contributed by atoms with Gasteiger partial charge in [0.15, 0.2) is 0 Å². The van der Waals surface area contributed by atoms with Crippen LogP contribution in [0.3, 0.4) is 0 Å². The molecule has 6 nitrogen and oxygen atoms in total. The van der Waals surface area contributed by atoms with Crippen molar-refractivity contribution in [2.75, 3.05) is 26.8 Å². The molecule has 1 aromatic heterocycles. The Morgan fingerprint density at radius 2 is 2.13 bits per heavy atom. The van der Waals surface area contributed by atoms with E-state index in [1.54, 1.807) is 7.11 Å². The minimum absolute atomic E-state index is 0.0985. The summed E-state index contributed by atoms with van der Waals surface area (Å²) in [7, 11) is 1.77. The number of amides is 1. The van der Waals surface area contributed by atoms with Crippen LogP contribution in [0.25, 0.3) is 0 Å². The molecule has 0 aromatic carbocycles. The first-order chi connectivity index (χ1) is 11.0. The number of rotatable bonds is 3. The van der Waals surface area contributed by atoms with E-state index in [-0.39, 0.29) is 17.6 Å². The lowest BCUT2D eigenvalue weighted by Crippen LogP contribution is -2.52. The van der Waals surface area contributed by atoms with Gasteiger partial charge in [0.1, 0.15) is 5.76 Å². The standard InChI is InChI=1S/C17H26N2O4/c1-12-15(13(2)23-18-12)10-16(20)19-7-5-17(6-8-19)11-14(21-3)4-9-22-17/h14H,4-11H2,1-3H3. The van der Waals surface area contributed by atoms with Gasteiger partial charge in [-0.2, -0.15) is 0 Å². The molecule has 128 valence electrons. The predicted molar refractivity (Wildman–Crippen MR) is 84.2 cm³/mol. The van der Waals surface area contributed by atoms with Gasteiger partial charge < -0.3 is 18.9 Å². The largest absolute Gasteiger partial charge is 0.381 e. The fourth-order valence-corrected chi connectivity index (χ4v) is 3.71. The third-order valence-electron chi connectivity index (χ3n) is 5.32. The average molecular weight is 322 g/mol. The summed E-state index contributed by atoms with van der Waals surface area (Å²) in [6, 6.07) is 0. The van der Waals surface area contributed by atoms with Gasteiger partial charge in [0.25, 0.3) is 0 Å². The molecule has 23 heavy (non-hydrogen) atoms. The summed E-state index contributed by atoms with van der Waals surface area (Å²) >= 11 is 0. The lowest BCUT2D eigenvalue weighted by atomic mass is 9.83. The van der Waals surface area contributed by atoms with E-state index in [0.717, 1.165) is 62.4 Å². The van der Waals surface area contributed by atoms with Crippen LogP contribution in [0.15, 0.2) is 4.52 Å². The van der Waals surface area contributed by atoms with E-state index in [9.17, 15) is 4.79 Å². The Morgan fingerprint density at radius 1 is 1.39 bits per heavy atom. The van der Waals surface area contributed by atoms with Gasteiger partial charge in [-0.25, -0.2) is 0 Å². The van der Waals surface area contributed by atoms with Crippen LogP contribution in [-0.2, 0) is 20.7 Å². The molecule has 1 spiro atoms. The van der Waals surface area contributed by atoms with Gasteiger partial charge >= 0.3 is 0 Å². The number of methoxy groups -OCH3 is 1. The van der Waals surface area contributed by atoms with Crippen LogP contribution < -0.4 is 0 Å². The Kier molecular flexibility index (Phi) is 4.73. The molecule has 0 N–H and O–H groups in total. The highest BCUT2D eigenvalue weighted by Crippen LogP contribution is 2.36. The summed E-state index contributed by atoms with van der Waals surface area (Å²) in [6.45, 7) is 5.99. The van der Waals surface area contributed by atoms with Gasteiger partial charge in [0.2, 0.25) is 5.91 Å². The smallest absolute Gasteiger partial charge is 0.227 e. The minimum atomic E-state index is -0.0985. The molecule has 1 aromatic rings. The van der Waals surface area contributed by atoms with E-state index in [1.807, 2.05) is 18.7 Å². The van der Waals surface area contributed by atoms with Gasteiger partial charge in [-0.1, -0.05) is 5.16 Å². The Labute approximate surface area is 137 Å². The highest BCUT2D eigenvalue weighted by atomic mass is 16.5. The van der Waals surface area contributed by atoms with E-state index in [4.69, 9.17) is 14.0 Å². The van der Waals surface area contributed by atoms with Crippen LogP contribution in [0.1, 0.15) is 42.7 Å². The molecule has 0 bridgehead atoms. The van der Waals surface area contributed by atoms with Crippen molar-refractivity contribution in [3.8, 4) is 0 Å². The lowest BCUT2D eigenvalue weighted by molar-refractivity contribution is -0.157. The van der Waals surface area contributed by atoms with Crippen molar-refractivity contribution in [2.45, 2.75) is 57.7 Å². The molecule has 3 rings (SSSR count). The SMILES string of the molecule is COC1CCOC2(CCN(C(=O)Cc3c(C)noc3C)CC2)C1. The van der Waals surface area contributed by atoms with E-state index in [1.165, 1.54) is 0 Å². The minimum Gasteiger partial charge on any atom is -0.381 e. The van der Waals surface area contributed by atoms with Crippen LogP contribution in [0, 0.1) is 13.8 Å². The van der Waals surface area contributed by atoms with Crippen LogP contribution >= 0.6 is 0 Å². The number of piperidine rings is 1. The van der Waals surface area contributed by atoms with E-state index in [2.05, 4.69) is 5.16 Å². The zero-order valence-corrected chi connectivity index (χ0v) is 14.3. The summed E-state index contributed by atoms with van der Waals surface area (Å²) in [5, 5.41) is 3.92. The fourth-order valence-electron chi connectivity index (χ4n) is 3.71. The average Bonchev–Trinajstić information content (AvgIpc) is 2.87. The van der Waals surface area contributed by atoms with Crippen molar-refractivity contribution < 1.29 is 18.8 Å². The maximum absolute atomic E-state index is 12.6. The lowest BCUT2D eigenvalue weighted by Gasteiger charge is -2.45. The quantitative estimate of drug-likeness (QED) is 0.852. The molecule has 3 heterocycles. The van der Waals surface area contributed by atoms with Gasteiger partial charge in [0.05, 0.1) is 23.8 Å². The Balaban J connectivity index is 1.57. The highest BCUT2D eigenvalue weighted by molar-refractivity contribution is 5.79. The number of carbonyl (C=O) groups excluding carboxylic acids is 1.